The van der Waals surface area contributed by atoms with Gasteiger partial charge in [-0.1, -0.05) is 0 Å². The summed E-state index contributed by atoms with van der Waals surface area (Å²) in [5.74, 6) is -0.198. The number of anilines is 2. The highest BCUT2D eigenvalue weighted by atomic mass is 19.4. The molecule has 0 fully saturated rings. The molecule has 12 heteroatoms. The highest BCUT2D eigenvalue weighted by Crippen LogP contribution is 2.26. The van der Waals surface area contributed by atoms with Crippen LogP contribution >= 0.6 is 0 Å². The zero-order valence-corrected chi connectivity index (χ0v) is 15.1. The van der Waals surface area contributed by atoms with Gasteiger partial charge in [-0.15, -0.1) is 10.2 Å². The van der Waals surface area contributed by atoms with E-state index in [1.165, 1.54) is 24.3 Å². The van der Waals surface area contributed by atoms with E-state index in [-0.39, 0.29) is 29.7 Å². The Morgan fingerprint density at radius 3 is 2.43 bits per heavy atom. The number of alkyl halides is 3. The molecule has 0 saturated carbocycles. The van der Waals surface area contributed by atoms with E-state index in [4.69, 9.17) is 4.42 Å². The first-order valence-corrected chi connectivity index (χ1v) is 8.62. The Balaban J connectivity index is 1.71. The lowest BCUT2D eigenvalue weighted by Gasteiger charge is -2.13. The van der Waals surface area contributed by atoms with Crippen LogP contribution in [0.1, 0.15) is 5.89 Å². The maximum atomic E-state index is 13.2. The molecule has 30 heavy (non-hydrogen) atoms. The highest BCUT2D eigenvalue weighted by Gasteiger charge is 2.27. The second-order valence-corrected chi connectivity index (χ2v) is 6.12. The summed E-state index contributed by atoms with van der Waals surface area (Å²) >= 11 is 0. The van der Waals surface area contributed by atoms with Crippen molar-refractivity contribution in [3.05, 3.63) is 54.5 Å². The Morgan fingerprint density at radius 2 is 1.73 bits per heavy atom. The van der Waals surface area contributed by atoms with Crippen LogP contribution in [0, 0.1) is 5.82 Å². The predicted molar refractivity (Wildman–Crippen MR) is 98.9 cm³/mol. The number of benzene rings is 1. The van der Waals surface area contributed by atoms with Crippen LogP contribution in [0.2, 0.25) is 0 Å². The van der Waals surface area contributed by atoms with Gasteiger partial charge >= 0.3 is 6.18 Å². The summed E-state index contributed by atoms with van der Waals surface area (Å²) in [6, 6.07) is 8.81. The maximum absolute atomic E-state index is 13.2. The van der Waals surface area contributed by atoms with Gasteiger partial charge in [-0.3, -0.25) is 0 Å². The predicted octanol–water partition coefficient (Wildman–Crippen LogP) is 3.80. The van der Waals surface area contributed by atoms with Gasteiger partial charge in [0.15, 0.2) is 5.82 Å². The minimum absolute atomic E-state index is 0.0571. The van der Waals surface area contributed by atoms with E-state index < -0.39 is 18.5 Å². The fourth-order valence-electron chi connectivity index (χ4n) is 2.61. The van der Waals surface area contributed by atoms with Crippen molar-refractivity contribution in [2.45, 2.75) is 12.7 Å². The fourth-order valence-corrected chi connectivity index (χ4v) is 2.61. The topological polar surface area (TPSA) is 102 Å². The van der Waals surface area contributed by atoms with Crippen LogP contribution in [0.4, 0.5) is 29.3 Å². The molecular formula is C18H13F4N7O. The molecule has 0 aliphatic rings. The van der Waals surface area contributed by atoms with E-state index in [1.54, 1.807) is 12.1 Å². The first-order chi connectivity index (χ1) is 14.4. The number of nitrogens with zero attached hydrogens (tertiary/aromatic N) is 5. The van der Waals surface area contributed by atoms with Gasteiger partial charge in [-0.2, -0.15) is 18.2 Å². The van der Waals surface area contributed by atoms with Gasteiger partial charge < -0.3 is 15.1 Å². The minimum Gasteiger partial charge on any atom is -0.426 e. The fraction of sp³-hybridized carbons (Fsp3) is 0.167. The van der Waals surface area contributed by atoms with Crippen molar-refractivity contribution >= 4 is 22.8 Å². The first kappa shape index (κ1) is 19.5. The zero-order chi connectivity index (χ0) is 21.1. The second-order valence-electron chi connectivity index (χ2n) is 6.12. The molecule has 0 atom stereocenters. The average molecular weight is 419 g/mol. The molecule has 8 nitrogen and oxygen atoms in total. The quantitative estimate of drug-likeness (QED) is 0.455. The van der Waals surface area contributed by atoms with Crippen molar-refractivity contribution < 1.29 is 22.0 Å². The number of hydrogen-bond acceptors (Lipinski definition) is 8. The third-order valence-electron chi connectivity index (χ3n) is 3.94. The molecule has 2 N–H and O–H groups in total. The lowest BCUT2D eigenvalue weighted by molar-refractivity contribution is -0.115. The van der Waals surface area contributed by atoms with Crippen LogP contribution in [0.5, 0.6) is 0 Å². The maximum Gasteiger partial charge on any atom is 0.405 e. The Kier molecular flexibility index (Phi) is 5.12. The van der Waals surface area contributed by atoms with Crippen LogP contribution in [-0.2, 0) is 6.54 Å². The number of halogens is 4. The number of rotatable bonds is 6. The van der Waals surface area contributed by atoms with Crippen molar-refractivity contribution in [2.24, 2.45) is 0 Å². The molecule has 4 aromatic rings. The normalized spacial score (nSPS) is 11.6. The molecule has 0 radical (unpaired) electrons. The van der Waals surface area contributed by atoms with E-state index in [0.29, 0.717) is 16.8 Å². The molecule has 0 bridgehead atoms. The number of fused-ring (bicyclic) bond motifs is 1. The summed E-state index contributed by atoms with van der Waals surface area (Å²) in [6.07, 6.45) is -3.31. The Bertz CT molecular complexity index is 1150. The average Bonchev–Trinajstić information content (AvgIpc) is 3.24. The summed E-state index contributed by atoms with van der Waals surface area (Å²) < 4.78 is 56.4. The third-order valence-corrected chi connectivity index (χ3v) is 3.94. The van der Waals surface area contributed by atoms with E-state index in [1.807, 2.05) is 0 Å². The van der Waals surface area contributed by atoms with E-state index in [9.17, 15) is 17.6 Å². The van der Waals surface area contributed by atoms with Crippen LogP contribution in [-0.4, -0.2) is 37.9 Å². The molecule has 3 heterocycles. The summed E-state index contributed by atoms with van der Waals surface area (Å²) in [7, 11) is 0. The summed E-state index contributed by atoms with van der Waals surface area (Å²) in [5.41, 5.74) is 1.49. The number of nitrogens with one attached hydrogen (secondary N) is 2. The van der Waals surface area contributed by atoms with Crippen molar-refractivity contribution in [1.29, 1.82) is 0 Å². The van der Waals surface area contributed by atoms with E-state index in [2.05, 4.69) is 35.8 Å². The molecule has 1 aromatic carbocycles. The minimum atomic E-state index is -4.46. The van der Waals surface area contributed by atoms with Crippen molar-refractivity contribution in [3.8, 4) is 11.3 Å². The number of pyridine rings is 1. The van der Waals surface area contributed by atoms with Crippen molar-refractivity contribution in [2.75, 3.05) is 17.2 Å². The van der Waals surface area contributed by atoms with Crippen molar-refractivity contribution in [1.82, 2.24) is 25.1 Å². The monoisotopic (exact) mass is 419 g/mol. The van der Waals surface area contributed by atoms with Gasteiger partial charge in [-0.25, -0.2) is 14.4 Å². The molecule has 0 saturated heterocycles. The van der Waals surface area contributed by atoms with Gasteiger partial charge in [0.05, 0.1) is 17.8 Å². The van der Waals surface area contributed by atoms with Gasteiger partial charge in [0.2, 0.25) is 18.2 Å². The zero-order valence-electron chi connectivity index (χ0n) is 15.1. The standard InChI is InChI=1S/C18H13F4N7O/c19-11-3-1-10(2-4-11)12-5-6-13-15(26-12)16(24-8-18(20,21)22)28-17(27-13)23-7-14-29-25-9-30-14/h1-6,9H,7-8H2,(H2,23,24,27,28). The summed E-state index contributed by atoms with van der Waals surface area (Å²) in [4.78, 5) is 12.8. The lowest BCUT2D eigenvalue weighted by atomic mass is 10.1. The van der Waals surface area contributed by atoms with Crippen LogP contribution in [0.15, 0.2) is 47.2 Å². The Morgan fingerprint density at radius 1 is 0.933 bits per heavy atom. The van der Waals surface area contributed by atoms with Crippen LogP contribution in [0.25, 0.3) is 22.3 Å². The smallest absolute Gasteiger partial charge is 0.405 e. The molecule has 0 amide bonds. The largest absolute Gasteiger partial charge is 0.426 e. The van der Waals surface area contributed by atoms with Crippen LogP contribution < -0.4 is 10.6 Å². The molecule has 0 spiro atoms. The molecule has 0 aliphatic heterocycles. The Hall–Kier alpha value is -3.83. The highest BCUT2D eigenvalue weighted by molar-refractivity contribution is 5.88. The molecule has 0 unspecified atom stereocenters. The first-order valence-electron chi connectivity index (χ1n) is 8.62. The molecule has 4 rings (SSSR count). The van der Waals surface area contributed by atoms with E-state index >= 15 is 0 Å². The second kappa shape index (κ2) is 7.89. The SMILES string of the molecule is Fc1ccc(-c2ccc3nc(NCc4nnco4)nc(NCC(F)(F)F)c3n2)cc1. The summed E-state index contributed by atoms with van der Waals surface area (Å²) in [6.45, 7) is -1.21. The van der Waals surface area contributed by atoms with E-state index in [0.717, 1.165) is 6.39 Å². The molecule has 3 aromatic heterocycles. The molecular weight excluding hydrogens is 406 g/mol. The van der Waals surface area contributed by atoms with Gasteiger partial charge in [0.25, 0.3) is 0 Å². The number of aromatic nitrogens is 5. The molecule has 154 valence electrons. The van der Waals surface area contributed by atoms with Crippen LogP contribution in [0.3, 0.4) is 0 Å². The van der Waals surface area contributed by atoms with Gasteiger partial charge in [0.1, 0.15) is 17.9 Å². The Labute approximate surface area is 166 Å². The molecule has 0 aliphatic carbocycles. The number of hydrogen-bond donors (Lipinski definition) is 2. The summed E-state index contributed by atoms with van der Waals surface area (Å²) in [5, 5.41) is 12.3. The van der Waals surface area contributed by atoms with Gasteiger partial charge in [-0.05, 0) is 36.4 Å². The lowest BCUT2D eigenvalue weighted by Crippen LogP contribution is -2.22. The van der Waals surface area contributed by atoms with Gasteiger partial charge in [0, 0.05) is 5.56 Å². The third kappa shape index (κ3) is 4.59. The van der Waals surface area contributed by atoms with Crippen molar-refractivity contribution in [3.63, 3.8) is 0 Å².